The first-order valence-corrected chi connectivity index (χ1v) is 6.67. The molecule has 2 N–H and O–H groups in total. The van der Waals surface area contributed by atoms with Crippen LogP contribution in [0.4, 0.5) is 18.0 Å². The highest BCUT2D eigenvalue weighted by Crippen LogP contribution is 2.30. The molecule has 1 aliphatic rings. The van der Waals surface area contributed by atoms with E-state index in [-0.39, 0.29) is 25.9 Å². The van der Waals surface area contributed by atoms with Crippen LogP contribution in [-0.4, -0.2) is 46.8 Å². The molecular formula is C13H19F3N2O3. The molecule has 5 nitrogen and oxygen atoms in total. The highest BCUT2D eigenvalue weighted by molar-refractivity contribution is 5.86. The van der Waals surface area contributed by atoms with Crippen molar-refractivity contribution in [2.75, 3.05) is 13.1 Å². The molecule has 1 aliphatic heterocycles. The molecule has 0 aromatic carbocycles. The van der Waals surface area contributed by atoms with Crippen molar-refractivity contribution in [3.05, 3.63) is 11.6 Å². The predicted octanol–water partition coefficient (Wildman–Crippen LogP) is 2.53. The molecule has 2 amide bonds. The summed E-state index contributed by atoms with van der Waals surface area (Å²) < 4.78 is 37.4. The SMILES string of the molecule is CCCC(C)(NC(=O)N1CC=C(C(F)(F)F)CC1)C(=O)O. The number of halogens is 3. The molecule has 0 aromatic heterocycles. The molecule has 0 aliphatic carbocycles. The van der Waals surface area contributed by atoms with E-state index in [1.807, 2.05) is 0 Å². The minimum atomic E-state index is -4.37. The van der Waals surface area contributed by atoms with E-state index < -0.39 is 29.3 Å². The smallest absolute Gasteiger partial charge is 0.412 e. The maximum absolute atomic E-state index is 12.5. The molecule has 120 valence electrons. The summed E-state index contributed by atoms with van der Waals surface area (Å²) in [6.45, 7) is 2.91. The Morgan fingerprint density at radius 3 is 2.43 bits per heavy atom. The van der Waals surface area contributed by atoms with Gasteiger partial charge in [-0.3, -0.25) is 0 Å². The summed E-state index contributed by atoms with van der Waals surface area (Å²) in [7, 11) is 0. The number of nitrogens with zero attached hydrogens (tertiary/aromatic N) is 1. The molecule has 0 bridgehead atoms. The van der Waals surface area contributed by atoms with Gasteiger partial charge in [0.15, 0.2) is 0 Å². The zero-order chi connectivity index (χ0) is 16.3. The number of nitrogens with one attached hydrogen (secondary N) is 1. The summed E-state index contributed by atoms with van der Waals surface area (Å²) in [4.78, 5) is 24.4. The van der Waals surface area contributed by atoms with Gasteiger partial charge in [0, 0.05) is 18.7 Å². The van der Waals surface area contributed by atoms with Crippen LogP contribution in [0.2, 0.25) is 0 Å². The molecule has 0 spiro atoms. The third-order valence-corrected chi connectivity index (χ3v) is 3.47. The number of hydrogen-bond acceptors (Lipinski definition) is 2. The van der Waals surface area contributed by atoms with Crippen LogP contribution in [0.25, 0.3) is 0 Å². The number of carboxylic acid groups (broad SMARTS) is 1. The Labute approximate surface area is 120 Å². The highest BCUT2D eigenvalue weighted by Gasteiger charge is 2.38. The number of hydrogen-bond donors (Lipinski definition) is 2. The molecule has 0 fully saturated rings. The van der Waals surface area contributed by atoms with Gasteiger partial charge in [-0.15, -0.1) is 0 Å². The Morgan fingerprint density at radius 2 is 2.05 bits per heavy atom. The molecular weight excluding hydrogens is 289 g/mol. The average Bonchev–Trinajstić information content (AvgIpc) is 2.37. The van der Waals surface area contributed by atoms with Crippen molar-refractivity contribution >= 4 is 12.0 Å². The fourth-order valence-electron chi connectivity index (χ4n) is 2.15. The summed E-state index contributed by atoms with van der Waals surface area (Å²) in [6, 6.07) is -0.661. The second kappa shape index (κ2) is 6.36. The number of aliphatic carboxylic acids is 1. The van der Waals surface area contributed by atoms with Crippen molar-refractivity contribution in [3.63, 3.8) is 0 Å². The van der Waals surface area contributed by atoms with Gasteiger partial charge in [0.2, 0.25) is 0 Å². The van der Waals surface area contributed by atoms with Gasteiger partial charge >= 0.3 is 18.2 Å². The number of carbonyl (C=O) groups excluding carboxylic acids is 1. The third kappa shape index (κ3) is 4.37. The molecule has 0 saturated heterocycles. The lowest BCUT2D eigenvalue weighted by Gasteiger charge is -2.32. The Kier molecular flexibility index (Phi) is 5.25. The second-order valence-electron chi connectivity index (χ2n) is 5.24. The molecule has 1 unspecified atom stereocenters. The number of rotatable bonds is 4. The molecule has 1 heterocycles. The normalized spacial score (nSPS) is 18.7. The van der Waals surface area contributed by atoms with Crippen LogP contribution < -0.4 is 5.32 Å². The minimum absolute atomic E-state index is 0.0843. The average molecular weight is 308 g/mol. The van der Waals surface area contributed by atoms with Crippen molar-refractivity contribution in [2.45, 2.75) is 44.8 Å². The first-order valence-electron chi connectivity index (χ1n) is 6.67. The number of alkyl halides is 3. The molecule has 0 aromatic rings. The first kappa shape index (κ1) is 17.3. The van der Waals surface area contributed by atoms with E-state index in [9.17, 15) is 22.8 Å². The minimum Gasteiger partial charge on any atom is -0.480 e. The van der Waals surface area contributed by atoms with E-state index in [1.165, 1.54) is 11.8 Å². The van der Waals surface area contributed by atoms with E-state index in [0.29, 0.717) is 6.42 Å². The number of urea groups is 1. The zero-order valence-corrected chi connectivity index (χ0v) is 12.0. The highest BCUT2D eigenvalue weighted by atomic mass is 19.4. The van der Waals surface area contributed by atoms with Crippen molar-refractivity contribution in [1.82, 2.24) is 10.2 Å². The maximum atomic E-state index is 12.5. The number of carboxylic acids is 1. The van der Waals surface area contributed by atoms with Gasteiger partial charge in [-0.1, -0.05) is 19.4 Å². The lowest BCUT2D eigenvalue weighted by Crippen LogP contribution is -2.56. The molecule has 1 rings (SSSR count). The van der Waals surface area contributed by atoms with E-state index in [4.69, 9.17) is 5.11 Å². The predicted molar refractivity (Wildman–Crippen MR) is 69.8 cm³/mol. The van der Waals surface area contributed by atoms with Gasteiger partial charge in [0.25, 0.3) is 0 Å². The van der Waals surface area contributed by atoms with Crippen LogP contribution in [0.5, 0.6) is 0 Å². The summed E-state index contributed by atoms with van der Waals surface area (Å²) in [5.74, 6) is -1.17. The number of amides is 2. The quantitative estimate of drug-likeness (QED) is 0.784. The van der Waals surface area contributed by atoms with Crippen LogP contribution in [-0.2, 0) is 4.79 Å². The third-order valence-electron chi connectivity index (χ3n) is 3.47. The van der Waals surface area contributed by atoms with Gasteiger partial charge in [-0.2, -0.15) is 13.2 Å². The summed E-state index contributed by atoms with van der Waals surface area (Å²) >= 11 is 0. The van der Waals surface area contributed by atoms with E-state index in [2.05, 4.69) is 5.32 Å². The fraction of sp³-hybridized carbons (Fsp3) is 0.692. The largest absolute Gasteiger partial charge is 0.480 e. The Bertz CT molecular complexity index is 448. The molecule has 8 heteroatoms. The summed E-state index contributed by atoms with van der Waals surface area (Å²) in [6.07, 6.45) is -2.90. The summed E-state index contributed by atoms with van der Waals surface area (Å²) in [5.41, 5.74) is -2.07. The van der Waals surface area contributed by atoms with Crippen LogP contribution in [0.15, 0.2) is 11.6 Å². The Hall–Kier alpha value is -1.73. The molecule has 21 heavy (non-hydrogen) atoms. The lowest BCUT2D eigenvalue weighted by molar-refractivity contribution is -0.144. The van der Waals surface area contributed by atoms with Crippen molar-refractivity contribution < 1.29 is 27.9 Å². The fourth-order valence-corrected chi connectivity index (χ4v) is 2.15. The van der Waals surface area contributed by atoms with E-state index in [0.717, 1.165) is 6.08 Å². The van der Waals surface area contributed by atoms with Gasteiger partial charge < -0.3 is 15.3 Å². The van der Waals surface area contributed by atoms with Crippen LogP contribution >= 0.6 is 0 Å². The topological polar surface area (TPSA) is 69.6 Å². The van der Waals surface area contributed by atoms with Crippen molar-refractivity contribution in [1.29, 1.82) is 0 Å². The van der Waals surface area contributed by atoms with Crippen molar-refractivity contribution in [3.8, 4) is 0 Å². The van der Waals surface area contributed by atoms with Crippen LogP contribution in [0.1, 0.15) is 33.1 Å². The number of carbonyl (C=O) groups is 2. The standard InChI is InChI=1S/C13H19F3N2O3/c1-3-6-12(2,10(19)20)17-11(21)18-7-4-9(5-8-18)13(14,15)16/h4H,3,5-8H2,1-2H3,(H,17,21)(H,19,20). The summed E-state index contributed by atoms with van der Waals surface area (Å²) in [5, 5.41) is 11.6. The van der Waals surface area contributed by atoms with E-state index in [1.54, 1.807) is 6.92 Å². The van der Waals surface area contributed by atoms with Gasteiger partial charge in [-0.05, 0) is 19.8 Å². The van der Waals surface area contributed by atoms with Gasteiger partial charge in [0.1, 0.15) is 5.54 Å². The monoisotopic (exact) mass is 308 g/mol. The lowest BCUT2D eigenvalue weighted by atomic mass is 9.96. The molecule has 1 atom stereocenters. The maximum Gasteiger partial charge on any atom is 0.412 e. The Balaban J connectivity index is 2.70. The molecule has 0 radical (unpaired) electrons. The van der Waals surface area contributed by atoms with E-state index >= 15 is 0 Å². The first-order chi connectivity index (χ1) is 9.60. The second-order valence-corrected chi connectivity index (χ2v) is 5.24. The Morgan fingerprint density at radius 1 is 1.43 bits per heavy atom. The van der Waals surface area contributed by atoms with Crippen molar-refractivity contribution in [2.24, 2.45) is 0 Å². The zero-order valence-electron chi connectivity index (χ0n) is 12.0. The van der Waals surface area contributed by atoms with Gasteiger partial charge in [-0.25, -0.2) is 9.59 Å². The van der Waals surface area contributed by atoms with Crippen LogP contribution in [0.3, 0.4) is 0 Å². The van der Waals surface area contributed by atoms with Gasteiger partial charge in [0.05, 0.1) is 0 Å². The molecule has 0 saturated carbocycles. The van der Waals surface area contributed by atoms with Crippen LogP contribution in [0, 0.1) is 0 Å².